The van der Waals surface area contributed by atoms with Crippen LogP contribution in [0.15, 0.2) is 12.3 Å². The van der Waals surface area contributed by atoms with Crippen LogP contribution in [0.3, 0.4) is 0 Å². The fraction of sp³-hybridized carbons (Fsp3) is 0.733. The second-order valence-corrected chi connectivity index (χ2v) is 6.55. The summed E-state index contributed by atoms with van der Waals surface area (Å²) in [6.07, 6.45) is -0.779. The lowest BCUT2D eigenvalue weighted by atomic mass is 10.1. The molecule has 1 aromatic heterocycles. The van der Waals surface area contributed by atoms with Crippen molar-refractivity contribution >= 4 is 5.97 Å². The van der Waals surface area contributed by atoms with Crippen molar-refractivity contribution in [2.24, 2.45) is 0 Å². The first-order chi connectivity index (χ1) is 11.3. The summed E-state index contributed by atoms with van der Waals surface area (Å²) in [5, 5.41) is 22.2. The molecule has 1 saturated heterocycles. The maximum Gasteiger partial charge on any atom is 0.360 e. The zero-order valence-electron chi connectivity index (χ0n) is 14.2. The number of hydrogen-bond acceptors (Lipinski definition) is 7. The van der Waals surface area contributed by atoms with Gasteiger partial charge in [-0.3, -0.25) is 9.58 Å². The molecule has 0 amide bonds. The molecule has 0 aromatic carbocycles. The molecule has 1 fully saturated rings. The Morgan fingerprint density at radius 3 is 2.92 bits per heavy atom. The Morgan fingerprint density at radius 2 is 2.29 bits per heavy atom. The van der Waals surface area contributed by atoms with E-state index in [4.69, 9.17) is 19.3 Å². The van der Waals surface area contributed by atoms with E-state index < -0.39 is 18.5 Å². The maximum atomic E-state index is 10.6. The van der Waals surface area contributed by atoms with E-state index in [0.717, 1.165) is 0 Å². The summed E-state index contributed by atoms with van der Waals surface area (Å²) in [7, 11) is 0. The van der Waals surface area contributed by atoms with Crippen LogP contribution in [0.25, 0.3) is 0 Å². The Hall–Kier alpha value is -1.68. The van der Waals surface area contributed by atoms with Gasteiger partial charge in [0.15, 0.2) is 6.29 Å². The number of nitrogens with zero attached hydrogens (tertiary/aromatic N) is 3. The van der Waals surface area contributed by atoms with Crippen molar-refractivity contribution in [3.63, 3.8) is 0 Å². The Balaban J connectivity index is 1.74. The molecule has 24 heavy (non-hydrogen) atoms. The molecule has 1 aromatic rings. The predicted octanol–water partition coefficient (Wildman–Crippen LogP) is 0.0948. The molecule has 2 N–H and O–H groups in total. The molecule has 0 saturated carbocycles. The van der Waals surface area contributed by atoms with Gasteiger partial charge in [0, 0.05) is 31.9 Å². The van der Waals surface area contributed by atoms with Crippen molar-refractivity contribution in [1.29, 1.82) is 0 Å². The van der Waals surface area contributed by atoms with Gasteiger partial charge in [0.05, 0.1) is 12.1 Å². The summed E-state index contributed by atoms with van der Waals surface area (Å²) in [4.78, 5) is 12.6. The van der Waals surface area contributed by atoms with Gasteiger partial charge >= 0.3 is 5.97 Å². The fourth-order valence-electron chi connectivity index (χ4n) is 2.19. The normalized spacial score (nSPS) is 20.8. The molecular weight excluding hydrogens is 318 g/mol. The van der Waals surface area contributed by atoms with Crippen LogP contribution < -0.4 is 4.74 Å². The quantitative estimate of drug-likeness (QED) is 0.671. The lowest BCUT2D eigenvalue weighted by Crippen LogP contribution is -2.47. The largest absolute Gasteiger partial charge is 0.477 e. The third-order valence-electron chi connectivity index (χ3n) is 3.52. The number of aliphatic carboxylic acids is 1. The number of aliphatic hydroxyl groups is 1. The maximum absolute atomic E-state index is 10.6. The molecule has 0 radical (unpaired) electrons. The second-order valence-electron chi connectivity index (χ2n) is 6.55. The van der Waals surface area contributed by atoms with Gasteiger partial charge < -0.3 is 24.4 Å². The van der Waals surface area contributed by atoms with Crippen molar-refractivity contribution in [3.8, 4) is 5.88 Å². The monoisotopic (exact) mass is 343 g/mol. The number of carbonyl (C=O) groups is 1. The van der Waals surface area contributed by atoms with Crippen molar-refractivity contribution in [2.45, 2.75) is 38.9 Å². The van der Waals surface area contributed by atoms with E-state index in [1.54, 1.807) is 0 Å². The van der Waals surface area contributed by atoms with Gasteiger partial charge in [-0.2, -0.15) is 0 Å². The number of ether oxygens (including phenoxy) is 3. The van der Waals surface area contributed by atoms with Gasteiger partial charge in [-0.05, 0) is 20.8 Å². The summed E-state index contributed by atoms with van der Waals surface area (Å²) in [6, 6.07) is 1.82. The fourth-order valence-corrected chi connectivity index (χ4v) is 2.19. The first-order valence-electron chi connectivity index (χ1n) is 7.85. The van der Waals surface area contributed by atoms with Gasteiger partial charge in [-0.15, -0.1) is 5.10 Å². The zero-order valence-corrected chi connectivity index (χ0v) is 14.2. The molecule has 9 heteroatoms. The average molecular weight is 343 g/mol. The number of morpholine rings is 1. The van der Waals surface area contributed by atoms with Crippen molar-refractivity contribution in [1.82, 2.24) is 14.7 Å². The molecule has 2 heterocycles. The van der Waals surface area contributed by atoms with Crippen LogP contribution in [0.5, 0.6) is 5.88 Å². The molecule has 1 aliphatic rings. The van der Waals surface area contributed by atoms with E-state index in [0.29, 0.717) is 38.7 Å². The first-order valence-corrected chi connectivity index (χ1v) is 7.85. The van der Waals surface area contributed by atoms with Gasteiger partial charge in [0.1, 0.15) is 6.61 Å². The van der Waals surface area contributed by atoms with Crippen LogP contribution in [0, 0.1) is 0 Å². The van der Waals surface area contributed by atoms with E-state index in [1.165, 1.54) is 0 Å². The number of rotatable bonds is 7. The summed E-state index contributed by atoms with van der Waals surface area (Å²) in [5.74, 6) is -0.874. The number of hydrogen-bond donors (Lipinski definition) is 2. The predicted molar refractivity (Wildman–Crippen MR) is 83.6 cm³/mol. The van der Waals surface area contributed by atoms with Gasteiger partial charge in [0.2, 0.25) is 5.88 Å². The van der Waals surface area contributed by atoms with E-state index >= 15 is 0 Å². The lowest BCUT2D eigenvalue weighted by Gasteiger charge is -2.32. The molecule has 136 valence electrons. The van der Waals surface area contributed by atoms with Crippen molar-refractivity contribution < 1.29 is 29.2 Å². The molecular formula is C15H25N3O6. The third-order valence-corrected chi connectivity index (χ3v) is 3.52. The molecule has 2 unspecified atom stereocenters. The number of carboxylic acids is 1. The van der Waals surface area contributed by atoms with Crippen molar-refractivity contribution in [2.75, 3.05) is 32.8 Å². The second kappa shape index (κ2) is 7.93. The molecule has 2 rings (SSSR count). The highest BCUT2D eigenvalue weighted by molar-refractivity contribution is 5.70. The Kier molecular flexibility index (Phi) is 6.16. The Morgan fingerprint density at radius 1 is 1.54 bits per heavy atom. The van der Waals surface area contributed by atoms with Crippen LogP contribution in [0.4, 0.5) is 0 Å². The van der Waals surface area contributed by atoms with E-state index in [9.17, 15) is 9.90 Å². The SMILES string of the molecule is CC(C)(C)n1ccc(OCCN2CCOC(OC(O)C(=O)O)C2)n1. The van der Waals surface area contributed by atoms with Gasteiger partial charge in [-0.1, -0.05) is 0 Å². The highest BCUT2D eigenvalue weighted by Gasteiger charge is 2.26. The van der Waals surface area contributed by atoms with Crippen molar-refractivity contribution in [3.05, 3.63) is 12.3 Å². The van der Waals surface area contributed by atoms with Crippen LogP contribution in [-0.4, -0.2) is 76.3 Å². The third kappa shape index (κ3) is 5.45. The van der Waals surface area contributed by atoms with Crippen LogP contribution in [0.2, 0.25) is 0 Å². The van der Waals surface area contributed by atoms with Crippen LogP contribution in [0.1, 0.15) is 20.8 Å². The molecule has 2 atom stereocenters. The van der Waals surface area contributed by atoms with Gasteiger partial charge in [0.25, 0.3) is 6.29 Å². The smallest absolute Gasteiger partial charge is 0.360 e. The van der Waals surface area contributed by atoms with Crippen LogP contribution >= 0.6 is 0 Å². The number of carboxylic acid groups (broad SMARTS) is 1. The summed E-state index contributed by atoms with van der Waals surface area (Å²) in [6.45, 7) is 8.68. The number of aromatic nitrogens is 2. The molecule has 9 nitrogen and oxygen atoms in total. The Labute approximate surface area is 140 Å². The average Bonchev–Trinajstić information content (AvgIpc) is 2.96. The molecule has 1 aliphatic heterocycles. The van der Waals surface area contributed by atoms with Crippen LogP contribution in [-0.2, 0) is 19.8 Å². The first kappa shape index (κ1) is 18.7. The standard InChI is InChI=1S/C15H25N3O6/c1-15(2,3)18-5-4-11(16-18)22-8-6-17-7-9-23-12(10-17)24-14(21)13(19)20/h4-5,12,14,21H,6-10H2,1-3H3,(H,19,20). The summed E-state index contributed by atoms with van der Waals surface area (Å²) < 4.78 is 17.7. The molecule has 0 spiro atoms. The van der Waals surface area contributed by atoms with E-state index in [2.05, 4.69) is 25.9 Å². The highest BCUT2D eigenvalue weighted by atomic mass is 16.7. The Bertz CT molecular complexity index is 542. The van der Waals surface area contributed by atoms with E-state index in [1.807, 2.05) is 21.8 Å². The minimum atomic E-state index is -1.88. The molecule has 0 bridgehead atoms. The van der Waals surface area contributed by atoms with Gasteiger partial charge in [-0.25, -0.2) is 4.79 Å². The summed E-state index contributed by atoms with van der Waals surface area (Å²) in [5.41, 5.74) is -0.0959. The zero-order chi connectivity index (χ0) is 17.7. The highest BCUT2D eigenvalue weighted by Crippen LogP contribution is 2.16. The van der Waals surface area contributed by atoms with E-state index in [-0.39, 0.29) is 5.54 Å². The molecule has 0 aliphatic carbocycles. The topological polar surface area (TPSA) is 106 Å². The minimum absolute atomic E-state index is 0.0959. The minimum Gasteiger partial charge on any atom is -0.477 e. The summed E-state index contributed by atoms with van der Waals surface area (Å²) >= 11 is 0. The number of aliphatic hydroxyl groups excluding tert-OH is 1. The lowest BCUT2D eigenvalue weighted by molar-refractivity contribution is -0.250.